The molecule has 302 valence electrons. The molecule has 0 unspecified atom stereocenters. The molecule has 6 rings (SSSR count). The first-order chi connectivity index (χ1) is 27.2. The first kappa shape index (κ1) is 43.5. The fourth-order valence-electron chi connectivity index (χ4n) is 6.00. The van der Waals surface area contributed by atoms with Crippen molar-refractivity contribution in [1.29, 1.82) is 0 Å². The molecule has 18 heteroatoms. The van der Waals surface area contributed by atoms with Crippen molar-refractivity contribution in [3.05, 3.63) is 165 Å². The highest BCUT2D eigenvalue weighted by Gasteiger charge is 2.48. The zero-order valence-corrected chi connectivity index (χ0v) is 33.8. The predicted molar refractivity (Wildman–Crippen MR) is 213 cm³/mol. The lowest BCUT2D eigenvalue weighted by atomic mass is 9.89. The van der Waals surface area contributed by atoms with Crippen LogP contribution in [0.3, 0.4) is 0 Å². The number of hydrogen-bond donors (Lipinski definition) is 2. The van der Waals surface area contributed by atoms with Crippen LogP contribution in [-0.2, 0) is 24.7 Å². The fourth-order valence-corrected chi connectivity index (χ4v) is 11.5. The van der Waals surface area contributed by atoms with Gasteiger partial charge in [-0.15, -0.1) is 0 Å². The summed E-state index contributed by atoms with van der Waals surface area (Å²) in [5.41, 5.74) is -13.3. The minimum Gasteiger partial charge on any atom is -0.356 e. The molecule has 0 aliphatic rings. The lowest BCUT2D eigenvalue weighted by Gasteiger charge is -2.31. The van der Waals surface area contributed by atoms with Crippen LogP contribution >= 0.6 is 48.0 Å². The highest BCUT2D eigenvalue weighted by Crippen LogP contribution is 2.59. The van der Waals surface area contributed by atoms with Gasteiger partial charge < -0.3 is 10.2 Å². The molecule has 58 heavy (non-hydrogen) atoms. The minimum absolute atomic E-state index is 0.340. The summed E-state index contributed by atoms with van der Waals surface area (Å²) in [5.74, 6) is 0. The van der Waals surface area contributed by atoms with E-state index in [-0.39, 0.29) is 12.1 Å². The van der Waals surface area contributed by atoms with Crippen molar-refractivity contribution in [1.82, 2.24) is 0 Å². The first-order valence-electron chi connectivity index (χ1n) is 16.5. The molecule has 0 fully saturated rings. The average Bonchev–Trinajstić information content (AvgIpc) is 3.16. The molecule has 6 aromatic rings. The minimum atomic E-state index is -5.80. The van der Waals surface area contributed by atoms with Crippen molar-refractivity contribution < 1.29 is 52.7 Å². The Kier molecular flexibility index (Phi) is 12.6. The van der Waals surface area contributed by atoms with Crippen LogP contribution in [0, 0.1) is 0 Å². The van der Waals surface area contributed by atoms with Crippen LogP contribution in [0.5, 0.6) is 0 Å². The van der Waals surface area contributed by atoms with Gasteiger partial charge in [0.05, 0.1) is 58.7 Å². The summed E-state index contributed by atoms with van der Waals surface area (Å²) < 4.78 is 179. The Bertz CT molecular complexity index is 2130. The number of nitrogens with one attached hydrogen (secondary N) is 2. The van der Waals surface area contributed by atoms with Gasteiger partial charge in [-0.05, 0) is 44.0 Å². The predicted octanol–water partition coefficient (Wildman–Crippen LogP) is 13.9. The molecule has 0 saturated heterocycles. The van der Waals surface area contributed by atoms with Gasteiger partial charge >= 0.3 is 24.7 Å². The Hall–Kier alpha value is -4.10. The van der Waals surface area contributed by atoms with Gasteiger partial charge in [-0.1, -0.05) is 121 Å². The molecule has 2 N–H and O–H groups in total. The van der Waals surface area contributed by atoms with E-state index in [4.69, 9.17) is 0 Å². The van der Waals surface area contributed by atoms with E-state index < -0.39 is 94.6 Å². The van der Waals surface area contributed by atoms with E-state index in [1.807, 2.05) is 0 Å². The number of hydrogen-bond acceptors (Lipinski definition) is 2. The monoisotopic (exact) mass is 980 g/mol. The molecule has 0 spiro atoms. The summed E-state index contributed by atoms with van der Waals surface area (Å²) in [7, 11) is -4.44. The van der Waals surface area contributed by atoms with Crippen molar-refractivity contribution in [2.24, 2.45) is 0 Å². The molecule has 0 heterocycles. The molecule has 0 radical (unpaired) electrons. The van der Waals surface area contributed by atoms with E-state index in [9.17, 15) is 26.3 Å². The van der Waals surface area contributed by atoms with Crippen molar-refractivity contribution in [3.63, 3.8) is 0 Å². The van der Waals surface area contributed by atoms with Crippen LogP contribution < -0.4 is 31.4 Å². The molecule has 0 atom stereocenters. The van der Waals surface area contributed by atoms with Crippen LogP contribution in [0.2, 0.25) is 0 Å². The number of alkyl halides is 12. The standard InChI is InChI=1S/C40H24Br2F12N2P2/c41-33-29(39(49,50)51)21-27(37(43,44)45)31(35(33)55-57(23-13-5-1-6-14-23)24-15-7-2-8-16-24)32-28(38(46,47)48)22-30(40(52,53)54)34(42)36(32)56-58(25-17-9-3-10-18-25)26-19-11-4-12-20-26/h1-22,55-56H. The van der Waals surface area contributed by atoms with Gasteiger partial charge in [0.1, 0.15) is 0 Å². The highest BCUT2D eigenvalue weighted by molar-refractivity contribution is 9.11. The van der Waals surface area contributed by atoms with Gasteiger partial charge in [0.25, 0.3) is 0 Å². The van der Waals surface area contributed by atoms with Gasteiger partial charge in [-0.25, -0.2) is 0 Å². The molecule has 0 aliphatic carbocycles. The van der Waals surface area contributed by atoms with E-state index in [0.29, 0.717) is 21.2 Å². The van der Waals surface area contributed by atoms with Gasteiger partial charge in [0.15, 0.2) is 0 Å². The topological polar surface area (TPSA) is 24.1 Å². The zero-order valence-electron chi connectivity index (χ0n) is 28.9. The Morgan fingerprint density at radius 3 is 0.776 bits per heavy atom. The average molecular weight is 982 g/mol. The van der Waals surface area contributed by atoms with Gasteiger partial charge in [-0.3, -0.25) is 0 Å². The number of benzene rings is 6. The Morgan fingerprint density at radius 1 is 0.345 bits per heavy atom. The van der Waals surface area contributed by atoms with Crippen LogP contribution in [0.4, 0.5) is 64.1 Å². The highest BCUT2D eigenvalue weighted by atomic mass is 79.9. The molecule has 0 saturated carbocycles. The molecule has 0 aromatic heterocycles. The Morgan fingerprint density at radius 2 is 0.569 bits per heavy atom. The second-order valence-electron chi connectivity index (χ2n) is 12.3. The lowest BCUT2D eigenvalue weighted by Crippen LogP contribution is -2.23. The largest absolute Gasteiger partial charge is 0.417 e. The number of rotatable bonds is 9. The molecule has 2 nitrogen and oxygen atoms in total. The van der Waals surface area contributed by atoms with Gasteiger partial charge in [0, 0.05) is 32.3 Å². The van der Waals surface area contributed by atoms with E-state index in [0.717, 1.165) is 0 Å². The fraction of sp³-hybridized carbons (Fsp3) is 0.100. The maximum absolute atomic E-state index is 15.4. The first-order valence-corrected chi connectivity index (χ1v) is 20.8. The summed E-state index contributed by atoms with van der Waals surface area (Å²) in [6.45, 7) is 0. The van der Waals surface area contributed by atoms with E-state index in [1.54, 1.807) is 72.8 Å². The van der Waals surface area contributed by atoms with Crippen LogP contribution in [0.1, 0.15) is 22.3 Å². The maximum Gasteiger partial charge on any atom is 0.417 e. The van der Waals surface area contributed by atoms with Gasteiger partial charge in [0.2, 0.25) is 0 Å². The quantitative estimate of drug-likeness (QED) is 0.111. The van der Waals surface area contributed by atoms with Crippen molar-refractivity contribution >= 4 is 80.6 Å². The maximum atomic E-state index is 15.4. The third kappa shape index (κ3) is 9.35. The summed E-state index contributed by atoms with van der Waals surface area (Å²) in [6, 6.07) is 30.2. The lowest BCUT2D eigenvalue weighted by molar-refractivity contribution is -0.145. The normalized spacial score (nSPS) is 12.6. The van der Waals surface area contributed by atoms with Crippen molar-refractivity contribution in [2.45, 2.75) is 24.7 Å². The van der Waals surface area contributed by atoms with E-state index in [1.165, 1.54) is 48.5 Å². The van der Waals surface area contributed by atoms with Crippen LogP contribution in [0.25, 0.3) is 11.1 Å². The SMILES string of the molecule is FC(F)(F)c1cc(C(F)(F)F)c(-c2c(C(F)(F)F)cc(C(F)(F)F)c(Br)c2NP(c2ccccc2)c2ccccc2)c(NP(c2ccccc2)c2ccccc2)c1Br. The third-order valence-electron chi connectivity index (χ3n) is 8.50. The molecule has 6 aromatic carbocycles. The second-order valence-corrected chi connectivity index (χ2v) is 17.7. The number of anilines is 2. The zero-order chi connectivity index (χ0) is 42.2. The summed E-state index contributed by atoms with van der Waals surface area (Å²) >= 11 is 5.60. The van der Waals surface area contributed by atoms with Gasteiger partial charge in [-0.2, -0.15) is 52.7 Å². The van der Waals surface area contributed by atoms with Crippen LogP contribution in [-0.4, -0.2) is 0 Å². The molecule has 0 aliphatic heterocycles. The van der Waals surface area contributed by atoms with Crippen molar-refractivity contribution in [2.75, 3.05) is 10.2 Å². The summed E-state index contributed by atoms with van der Waals surface area (Å²) in [4.78, 5) is 0. The summed E-state index contributed by atoms with van der Waals surface area (Å²) in [6.07, 6.45) is -22.6. The van der Waals surface area contributed by atoms with Crippen LogP contribution in [0.15, 0.2) is 142 Å². The third-order valence-corrected chi connectivity index (χ3v) is 14.3. The smallest absolute Gasteiger partial charge is 0.356 e. The molecular formula is C40H24Br2F12N2P2. The van der Waals surface area contributed by atoms with E-state index in [2.05, 4.69) is 42.0 Å². The molecule has 0 amide bonds. The van der Waals surface area contributed by atoms with Crippen molar-refractivity contribution in [3.8, 4) is 11.1 Å². The molecule has 0 bridgehead atoms. The van der Waals surface area contributed by atoms with E-state index >= 15 is 26.3 Å². The summed E-state index contributed by atoms with van der Waals surface area (Å²) in [5, 5.41) is 6.86. The second kappa shape index (κ2) is 16.9. The Balaban J connectivity index is 1.82. The number of halogens is 14. The molecular weight excluding hydrogens is 958 g/mol. The Labute approximate surface area is 342 Å².